The number of carbonyl (C=O) groups is 1. The number of halogens is 2. The van der Waals surface area contributed by atoms with Crippen molar-refractivity contribution in [2.24, 2.45) is 0 Å². The molecule has 0 saturated heterocycles. The average molecular weight is 408 g/mol. The summed E-state index contributed by atoms with van der Waals surface area (Å²) in [7, 11) is 0. The van der Waals surface area contributed by atoms with Crippen LogP contribution in [-0.2, 0) is 11.2 Å². The third kappa shape index (κ3) is 4.55. The third-order valence-electron chi connectivity index (χ3n) is 3.41. The lowest BCUT2D eigenvalue weighted by Gasteiger charge is -2.07. The van der Waals surface area contributed by atoms with Crippen molar-refractivity contribution in [3.63, 3.8) is 0 Å². The van der Waals surface area contributed by atoms with Crippen LogP contribution in [0.3, 0.4) is 0 Å². The van der Waals surface area contributed by atoms with Crippen molar-refractivity contribution in [1.82, 2.24) is 4.98 Å². The number of nitrogens with zero attached hydrogens (tertiary/aromatic N) is 1. The number of ether oxygens (including phenoxy) is 2. The van der Waals surface area contributed by atoms with E-state index in [-0.39, 0.29) is 17.2 Å². The van der Waals surface area contributed by atoms with Gasteiger partial charge in [0, 0.05) is 10.4 Å². The summed E-state index contributed by atoms with van der Waals surface area (Å²) < 4.78 is 10.9. The van der Waals surface area contributed by atoms with Crippen LogP contribution < -0.4 is 9.47 Å². The number of hydrogen-bond donors (Lipinski definition) is 0. The lowest BCUT2D eigenvalue weighted by Crippen LogP contribution is -2.11. The van der Waals surface area contributed by atoms with E-state index in [0.717, 1.165) is 16.3 Å². The summed E-state index contributed by atoms with van der Waals surface area (Å²) in [6, 6.07) is 12.4. The predicted molar refractivity (Wildman–Crippen MR) is 105 cm³/mol. The highest BCUT2D eigenvalue weighted by Crippen LogP contribution is 2.32. The molecule has 0 fully saturated rings. The van der Waals surface area contributed by atoms with E-state index >= 15 is 0 Å². The van der Waals surface area contributed by atoms with Crippen molar-refractivity contribution in [2.45, 2.75) is 13.3 Å². The zero-order valence-electron chi connectivity index (χ0n) is 13.9. The Labute approximate surface area is 165 Å². The van der Waals surface area contributed by atoms with E-state index in [0.29, 0.717) is 17.3 Å². The number of aromatic nitrogens is 1. The second-order valence-corrected chi connectivity index (χ2v) is 7.00. The van der Waals surface area contributed by atoms with E-state index in [9.17, 15) is 4.79 Å². The first-order valence-electron chi connectivity index (χ1n) is 7.89. The second kappa shape index (κ2) is 8.54. The van der Waals surface area contributed by atoms with Crippen molar-refractivity contribution in [2.75, 3.05) is 6.61 Å². The maximum Gasteiger partial charge on any atom is 0.317 e. The van der Waals surface area contributed by atoms with Crippen LogP contribution in [0.4, 0.5) is 0 Å². The van der Waals surface area contributed by atoms with E-state index in [4.69, 9.17) is 32.7 Å². The molecule has 0 amide bonds. The van der Waals surface area contributed by atoms with E-state index in [1.54, 1.807) is 12.1 Å². The van der Waals surface area contributed by atoms with Gasteiger partial charge in [-0.1, -0.05) is 35.3 Å². The average Bonchev–Trinajstić information content (AvgIpc) is 3.06. The van der Waals surface area contributed by atoms with Crippen molar-refractivity contribution in [3.05, 3.63) is 63.6 Å². The quantitative estimate of drug-likeness (QED) is 0.390. The Kier molecular flexibility index (Phi) is 6.14. The molecule has 7 heteroatoms. The van der Waals surface area contributed by atoms with Gasteiger partial charge >= 0.3 is 5.97 Å². The van der Waals surface area contributed by atoms with Gasteiger partial charge in [-0.3, -0.25) is 4.79 Å². The highest BCUT2D eigenvalue weighted by Gasteiger charge is 2.14. The molecule has 0 aliphatic carbocycles. The molecule has 1 heterocycles. The van der Waals surface area contributed by atoms with Crippen LogP contribution >= 0.6 is 34.5 Å². The largest absolute Gasteiger partial charge is 0.493 e. The van der Waals surface area contributed by atoms with Gasteiger partial charge in [0.15, 0.2) is 0 Å². The standard InChI is InChI=1S/C19H15Cl2NO3S/c1-2-24-16-6-4-3-5-14(16)19-22-13(11-26-19)10-18(23)25-17-8-7-12(20)9-15(17)21/h3-9,11H,2,10H2,1H3. The highest BCUT2D eigenvalue weighted by molar-refractivity contribution is 7.13. The van der Waals surface area contributed by atoms with Crippen LogP contribution in [0.15, 0.2) is 47.8 Å². The number of esters is 1. The van der Waals surface area contributed by atoms with Crippen molar-refractivity contribution < 1.29 is 14.3 Å². The fraction of sp³-hybridized carbons (Fsp3) is 0.158. The molecule has 0 saturated carbocycles. The molecule has 0 unspecified atom stereocenters. The van der Waals surface area contributed by atoms with Gasteiger partial charge in [-0.25, -0.2) is 4.98 Å². The molecule has 3 aromatic rings. The maximum atomic E-state index is 12.2. The lowest BCUT2D eigenvalue weighted by atomic mass is 10.2. The van der Waals surface area contributed by atoms with Gasteiger partial charge < -0.3 is 9.47 Å². The van der Waals surface area contributed by atoms with Crippen molar-refractivity contribution in [1.29, 1.82) is 0 Å². The Morgan fingerprint density at radius 3 is 2.73 bits per heavy atom. The summed E-state index contributed by atoms with van der Waals surface area (Å²) >= 11 is 13.3. The molecule has 0 aliphatic heterocycles. The summed E-state index contributed by atoms with van der Waals surface area (Å²) in [5.41, 5.74) is 1.53. The third-order valence-corrected chi connectivity index (χ3v) is 4.87. The van der Waals surface area contributed by atoms with Crippen LogP contribution in [0.2, 0.25) is 10.0 Å². The number of thiazole rings is 1. The zero-order valence-corrected chi connectivity index (χ0v) is 16.2. The van der Waals surface area contributed by atoms with Crippen LogP contribution in [-0.4, -0.2) is 17.6 Å². The Hall–Kier alpha value is -2.08. The number of carbonyl (C=O) groups excluding carboxylic acids is 1. The van der Waals surface area contributed by atoms with Gasteiger partial charge in [-0.2, -0.15) is 0 Å². The molecule has 134 valence electrons. The van der Waals surface area contributed by atoms with Crippen LogP contribution in [0.25, 0.3) is 10.6 Å². The highest BCUT2D eigenvalue weighted by atomic mass is 35.5. The summed E-state index contributed by atoms with van der Waals surface area (Å²) in [6.07, 6.45) is 0.0479. The van der Waals surface area contributed by atoms with Gasteiger partial charge in [0.25, 0.3) is 0 Å². The molecule has 26 heavy (non-hydrogen) atoms. The number of para-hydroxylation sites is 1. The minimum absolute atomic E-state index is 0.0479. The molecule has 0 bridgehead atoms. The second-order valence-electron chi connectivity index (χ2n) is 5.30. The molecule has 0 atom stereocenters. The molecule has 3 rings (SSSR count). The van der Waals surface area contributed by atoms with Crippen molar-refractivity contribution in [3.8, 4) is 22.1 Å². The number of hydrogen-bond acceptors (Lipinski definition) is 5. The minimum atomic E-state index is -0.441. The summed E-state index contributed by atoms with van der Waals surface area (Å²) in [5, 5.41) is 3.40. The Bertz CT molecular complexity index is 927. The Morgan fingerprint density at radius 2 is 1.96 bits per heavy atom. The normalized spacial score (nSPS) is 10.6. The lowest BCUT2D eigenvalue weighted by molar-refractivity contribution is -0.133. The molecule has 0 N–H and O–H groups in total. The molecule has 2 aromatic carbocycles. The van der Waals surface area contributed by atoms with Crippen LogP contribution in [0.5, 0.6) is 11.5 Å². The molecular formula is C19H15Cl2NO3S. The number of rotatable bonds is 6. The SMILES string of the molecule is CCOc1ccccc1-c1nc(CC(=O)Oc2ccc(Cl)cc2Cl)cs1. The van der Waals surface area contributed by atoms with Gasteiger partial charge in [-0.05, 0) is 37.3 Å². The van der Waals surface area contributed by atoms with E-state index in [2.05, 4.69) is 4.98 Å². The minimum Gasteiger partial charge on any atom is -0.493 e. The first-order valence-corrected chi connectivity index (χ1v) is 9.52. The van der Waals surface area contributed by atoms with Gasteiger partial charge in [0.1, 0.15) is 16.5 Å². The number of benzene rings is 2. The first-order chi connectivity index (χ1) is 12.6. The van der Waals surface area contributed by atoms with E-state index in [1.165, 1.54) is 17.4 Å². The topological polar surface area (TPSA) is 48.4 Å². The Balaban J connectivity index is 1.71. The van der Waals surface area contributed by atoms with E-state index in [1.807, 2.05) is 36.6 Å². The Morgan fingerprint density at radius 1 is 1.15 bits per heavy atom. The zero-order chi connectivity index (χ0) is 18.5. The fourth-order valence-electron chi connectivity index (χ4n) is 2.30. The first kappa shape index (κ1) is 18.7. The molecule has 4 nitrogen and oxygen atoms in total. The van der Waals surface area contributed by atoms with Crippen molar-refractivity contribution >= 4 is 40.5 Å². The van der Waals surface area contributed by atoms with E-state index < -0.39 is 5.97 Å². The smallest absolute Gasteiger partial charge is 0.317 e. The molecule has 0 aliphatic rings. The van der Waals surface area contributed by atoms with Crippen LogP contribution in [0, 0.1) is 0 Å². The van der Waals surface area contributed by atoms with Gasteiger partial charge in [-0.15, -0.1) is 11.3 Å². The summed E-state index contributed by atoms with van der Waals surface area (Å²) in [5.74, 6) is 0.605. The molecule has 0 spiro atoms. The molecule has 1 aromatic heterocycles. The predicted octanol–water partition coefficient (Wildman–Crippen LogP) is 5.66. The summed E-state index contributed by atoms with van der Waals surface area (Å²) in [4.78, 5) is 16.7. The fourth-order valence-corrected chi connectivity index (χ4v) is 3.60. The molecular weight excluding hydrogens is 393 g/mol. The summed E-state index contributed by atoms with van der Waals surface area (Å²) in [6.45, 7) is 2.51. The maximum absolute atomic E-state index is 12.2. The van der Waals surface area contributed by atoms with Crippen LogP contribution in [0.1, 0.15) is 12.6 Å². The monoisotopic (exact) mass is 407 g/mol. The molecule has 0 radical (unpaired) electrons. The van der Waals surface area contributed by atoms with Gasteiger partial charge in [0.2, 0.25) is 0 Å². The van der Waals surface area contributed by atoms with Gasteiger partial charge in [0.05, 0.1) is 29.3 Å².